The summed E-state index contributed by atoms with van der Waals surface area (Å²) in [5.74, 6) is 1.64. The van der Waals surface area contributed by atoms with Crippen molar-refractivity contribution in [3.63, 3.8) is 0 Å². The Labute approximate surface area is 167 Å². The molecule has 0 spiro atoms. The average Bonchev–Trinajstić information content (AvgIpc) is 2.69. The normalized spacial score (nSPS) is 16.0. The molecule has 1 fully saturated rings. The summed E-state index contributed by atoms with van der Waals surface area (Å²) in [4.78, 5) is 2.36. The fourth-order valence-electron chi connectivity index (χ4n) is 3.64. The van der Waals surface area contributed by atoms with Crippen molar-refractivity contribution in [3.8, 4) is 11.5 Å². The minimum Gasteiger partial charge on any atom is -0.457 e. The van der Waals surface area contributed by atoms with Crippen LogP contribution in [0.5, 0.6) is 11.5 Å². The molecule has 0 saturated heterocycles. The van der Waals surface area contributed by atoms with Gasteiger partial charge in [0.15, 0.2) is 5.11 Å². The van der Waals surface area contributed by atoms with E-state index in [-0.39, 0.29) is 5.54 Å². The van der Waals surface area contributed by atoms with Crippen LogP contribution in [0.2, 0.25) is 0 Å². The van der Waals surface area contributed by atoms with Gasteiger partial charge in [-0.15, -0.1) is 0 Å². The van der Waals surface area contributed by atoms with Crippen molar-refractivity contribution in [2.24, 2.45) is 0 Å². The van der Waals surface area contributed by atoms with E-state index in [1.54, 1.807) is 0 Å². The number of hydrogen-bond acceptors (Lipinski definition) is 3. The molecule has 2 aromatic rings. The summed E-state index contributed by atoms with van der Waals surface area (Å²) in [5, 5.41) is 7.37. The number of benzene rings is 2. The van der Waals surface area contributed by atoms with Crippen LogP contribution in [0.25, 0.3) is 0 Å². The Hall–Kier alpha value is -2.11. The van der Waals surface area contributed by atoms with Gasteiger partial charge in [-0.1, -0.05) is 37.5 Å². The fourth-order valence-corrected chi connectivity index (χ4v) is 3.83. The number of nitrogens with one attached hydrogen (secondary N) is 2. The minimum absolute atomic E-state index is 0.206. The van der Waals surface area contributed by atoms with Gasteiger partial charge in [-0.25, -0.2) is 0 Å². The highest BCUT2D eigenvalue weighted by Gasteiger charge is 2.34. The third-order valence-corrected chi connectivity index (χ3v) is 5.65. The number of thiocarbonyl (C=S) groups is 1. The van der Waals surface area contributed by atoms with E-state index in [1.165, 1.54) is 32.1 Å². The van der Waals surface area contributed by atoms with Crippen LogP contribution in [0.1, 0.15) is 32.1 Å². The fraction of sp³-hybridized carbons (Fsp3) is 0.409. The highest BCUT2D eigenvalue weighted by Crippen LogP contribution is 2.31. The summed E-state index contributed by atoms with van der Waals surface area (Å²) in [6, 6.07) is 17.6. The van der Waals surface area contributed by atoms with E-state index in [2.05, 4.69) is 29.6 Å². The summed E-state index contributed by atoms with van der Waals surface area (Å²) in [7, 11) is 4.35. The molecule has 1 aliphatic rings. The van der Waals surface area contributed by atoms with Crippen molar-refractivity contribution in [3.05, 3.63) is 54.6 Å². The van der Waals surface area contributed by atoms with Gasteiger partial charge in [0.05, 0.1) is 0 Å². The second kappa shape index (κ2) is 9.20. The summed E-state index contributed by atoms with van der Waals surface area (Å²) in [5.41, 5.74) is 1.16. The Balaban J connectivity index is 1.51. The molecule has 0 atom stereocenters. The lowest BCUT2D eigenvalue weighted by molar-refractivity contribution is 0.104. The molecule has 1 aliphatic carbocycles. The van der Waals surface area contributed by atoms with Gasteiger partial charge in [0, 0.05) is 17.8 Å². The number of anilines is 1. The lowest BCUT2D eigenvalue weighted by Gasteiger charge is -2.43. The smallest absolute Gasteiger partial charge is 0.170 e. The standard InChI is InChI=1S/C22H29N3OS/c1-25(2)22(15-7-4-8-16-22)17-23-21(27)24-18-11-13-20(14-12-18)26-19-9-5-3-6-10-19/h3,5-6,9-14H,4,7-8,15-17H2,1-2H3,(H2,23,24,27). The lowest BCUT2D eigenvalue weighted by Crippen LogP contribution is -2.54. The van der Waals surface area contributed by atoms with Gasteiger partial charge in [-0.3, -0.25) is 0 Å². The Morgan fingerprint density at radius 2 is 1.59 bits per heavy atom. The molecule has 27 heavy (non-hydrogen) atoms. The molecule has 0 radical (unpaired) electrons. The van der Waals surface area contributed by atoms with Gasteiger partial charge in [0.25, 0.3) is 0 Å². The molecular weight excluding hydrogens is 354 g/mol. The van der Waals surface area contributed by atoms with Crippen molar-refractivity contribution >= 4 is 23.0 Å². The predicted octanol–water partition coefficient (Wildman–Crippen LogP) is 5.03. The van der Waals surface area contributed by atoms with Crippen LogP contribution in [0, 0.1) is 0 Å². The molecule has 144 valence electrons. The zero-order valence-corrected chi connectivity index (χ0v) is 17.0. The zero-order valence-electron chi connectivity index (χ0n) is 16.2. The number of hydrogen-bond donors (Lipinski definition) is 2. The van der Waals surface area contributed by atoms with Gasteiger partial charge in [-0.2, -0.15) is 0 Å². The molecule has 1 saturated carbocycles. The summed E-state index contributed by atoms with van der Waals surface area (Å²) < 4.78 is 5.82. The summed E-state index contributed by atoms with van der Waals surface area (Å²) >= 11 is 5.51. The van der Waals surface area contributed by atoms with Crippen LogP contribution in [0.15, 0.2) is 54.6 Å². The maximum absolute atomic E-state index is 5.82. The van der Waals surface area contributed by atoms with E-state index in [1.807, 2.05) is 54.6 Å². The van der Waals surface area contributed by atoms with E-state index in [0.717, 1.165) is 23.7 Å². The Bertz CT molecular complexity index is 725. The highest BCUT2D eigenvalue weighted by molar-refractivity contribution is 7.80. The Morgan fingerprint density at radius 3 is 2.22 bits per heavy atom. The first-order valence-corrected chi connectivity index (χ1v) is 10.0. The molecule has 4 nitrogen and oxygen atoms in total. The molecule has 0 unspecified atom stereocenters. The van der Waals surface area contributed by atoms with Crippen LogP contribution in [-0.4, -0.2) is 36.2 Å². The number of likely N-dealkylation sites (N-methyl/N-ethyl adjacent to an activating group) is 1. The van der Waals surface area contributed by atoms with Gasteiger partial charge < -0.3 is 20.3 Å². The van der Waals surface area contributed by atoms with Crippen molar-refractivity contribution in [1.82, 2.24) is 10.2 Å². The molecule has 0 amide bonds. The first-order chi connectivity index (χ1) is 13.1. The van der Waals surface area contributed by atoms with Gasteiger partial charge in [0.2, 0.25) is 0 Å². The molecule has 0 heterocycles. The number of rotatable bonds is 6. The van der Waals surface area contributed by atoms with Gasteiger partial charge in [-0.05, 0) is 75.6 Å². The molecule has 2 N–H and O–H groups in total. The Kier molecular flexibility index (Phi) is 6.69. The molecule has 3 rings (SSSR count). The van der Waals surface area contributed by atoms with Crippen molar-refractivity contribution in [2.45, 2.75) is 37.6 Å². The number of nitrogens with zero attached hydrogens (tertiary/aromatic N) is 1. The monoisotopic (exact) mass is 383 g/mol. The van der Waals surface area contributed by atoms with Crippen LogP contribution < -0.4 is 15.4 Å². The van der Waals surface area contributed by atoms with Crippen molar-refractivity contribution in [1.29, 1.82) is 0 Å². The SMILES string of the molecule is CN(C)C1(CNC(=S)Nc2ccc(Oc3ccccc3)cc2)CCCCC1. The second-order valence-electron chi connectivity index (χ2n) is 7.43. The topological polar surface area (TPSA) is 36.5 Å². The van der Waals surface area contributed by atoms with Crippen LogP contribution in [-0.2, 0) is 0 Å². The van der Waals surface area contributed by atoms with Crippen LogP contribution >= 0.6 is 12.2 Å². The lowest BCUT2D eigenvalue weighted by atomic mass is 9.80. The van der Waals surface area contributed by atoms with E-state index in [4.69, 9.17) is 17.0 Å². The maximum Gasteiger partial charge on any atom is 0.170 e. The Morgan fingerprint density at radius 1 is 0.963 bits per heavy atom. The predicted molar refractivity (Wildman–Crippen MR) is 117 cm³/mol. The van der Waals surface area contributed by atoms with Crippen molar-refractivity contribution in [2.75, 3.05) is 26.0 Å². The summed E-state index contributed by atoms with van der Waals surface area (Å²) in [6.07, 6.45) is 6.38. The van der Waals surface area contributed by atoms with Crippen LogP contribution in [0.4, 0.5) is 5.69 Å². The first-order valence-electron chi connectivity index (χ1n) is 9.63. The quantitative estimate of drug-likeness (QED) is 0.684. The van der Waals surface area contributed by atoms with E-state index >= 15 is 0 Å². The minimum atomic E-state index is 0.206. The van der Waals surface area contributed by atoms with E-state index < -0.39 is 0 Å². The largest absolute Gasteiger partial charge is 0.457 e. The first kappa shape index (κ1) is 19.6. The second-order valence-corrected chi connectivity index (χ2v) is 7.83. The van der Waals surface area contributed by atoms with Gasteiger partial charge in [0.1, 0.15) is 11.5 Å². The molecule has 5 heteroatoms. The average molecular weight is 384 g/mol. The molecule has 0 aliphatic heterocycles. The third kappa shape index (κ3) is 5.44. The van der Waals surface area contributed by atoms with Crippen LogP contribution in [0.3, 0.4) is 0 Å². The van der Waals surface area contributed by atoms with E-state index in [9.17, 15) is 0 Å². The third-order valence-electron chi connectivity index (χ3n) is 5.40. The summed E-state index contributed by atoms with van der Waals surface area (Å²) in [6.45, 7) is 0.876. The zero-order chi connectivity index (χ0) is 19.1. The number of para-hydroxylation sites is 1. The number of ether oxygens (including phenoxy) is 1. The molecular formula is C22H29N3OS. The maximum atomic E-state index is 5.82. The van der Waals surface area contributed by atoms with E-state index in [0.29, 0.717) is 5.11 Å². The molecule has 0 aromatic heterocycles. The molecule has 0 bridgehead atoms. The molecule has 2 aromatic carbocycles. The van der Waals surface area contributed by atoms with Gasteiger partial charge >= 0.3 is 0 Å². The highest BCUT2D eigenvalue weighted by atomic mass is 32.1. The van der Waals surface area contributed by atoms with Crippen molar-refractivity contribution < 1.29 is 4.74 Å².